The second kappa shape index (κ2) is 5.93. The summed E-state index contributed by atoms with van der Waals surface area (Å²) < 4.78 is 18.2. The van der Waals surface area contributed by atoms with Gasteiger partial charge < -0.3 is 10.1 Å². The maximum Gasteiger partial charge on any atom is 0.187 e. The van der Waals surface area contributed by atoms with Crippen LogP contribution in [0.2, 0.25) is 0 Å². The number of ether oxygens (including phenoxy) is 1. The van der Waals surface area contributed by atoms with E-state index in [1.54, 1.807) is 19.2 Å². The summed E-state index contributed by atoms with van der Waals surface area (Å²) in [5.74, 6) is 0.533. The summed E-state index contributed by atoms with van der Waals surface area (Å²) in [7, 11) is 1.64. The van der Waals surface area contributed by atoms with Crippen molar-refractivity contribution in [2.75, 3.05) is 12.4 Å². The Balaban J connectivity index is 1.84. The molecule has 0 aliphatic heterocycles. The van der Waals surface area contributed by atoms with E-state index in [2.05, 4.69) is 10.3 Å². The van der Waals surface area contributed by atoms with E-state index in [9.17, 15) is 4.39 Å². The standard InChI is InChI=1S/C16H13FN2OS/c1-20-15-5-3-2-4-13(15)14-10-21-16(19-14)18-12-8-6-11(17)7-9-12/h2-10H,1H3,(H,18,19). The van der Waals surface area contributed by atoms with Gasteiger partial charge in [0.2, 0.25) is 0 Å². The summed E-state index contributed by atoms with van der Waals surface area (Å²) in [5, 5.41) is 5.87. The van der Waals surface area contributed by atoms with E-state index in [0.717, 1.165) is 27.8 Å². The van der Waals surface area contributed by atoms with E-state index in [1.807, 2.05) is 29.6 Å². The van der Waals surface area contributed by atoms with Crippen molar-refractivity contribution in [3.8, 4) is 17.0 Å². The number of anilines is 2. The minimum atomic E-state index is -0.255. The molecule has 0 spiro atoms. The second-order valence-electron chi connectivity index (χ2n) is 4.37. The summed E-state index contributed by atoms with van der Waals surface area (Å²) in [4.78, 5) is 4.54. The molecule has 3 nitrogen and oxygen atoms in total. The Labute approximate surface area is 126 Å². The van der Waals surface area contributed by atoms with Crippen molar-refractivity contribution in [2.24, 2.45) is 0 Å². The van der Waals surface area contributed by atoms with E-state index >= 15 is 0 Å². The summed E-state index contributed by atoms with van der Waals surface area (Å²) in [6, 6.07) is 13.9. The first kappa shape index (κ1) is 13.6. The predicted molar refractivity (Wildman–Crippen MR) is 83.8 cm³/mol. The quantitative estimate of drug-likeness (QED) is 0.758. The fourth-order valence-electron chi connectivity index (χ4n) is 1.97. The molecule has 0 saturated heterocycles. The van der Waals surface area contributed by atoms with Crippen LogP contribution in [0.25, 0.3) is 11.3 Å². The normalized spacial score (nSPS) is 10.4. The van der Waals surface area contributed by atoms with Crippen LogP contribution in [0.15, 0.2) is 53.9 Å². The van der Waals surface area contributed by atoms with Crippen LogP contribution in [0.4, 0.5) is 15.2 Å². The average molecular weight is 300 g/mol. The van der Waals surface area contributed by atoms with E-state index in [0.29, 0.717) is 0 Å². The molecule has 0 fully saturated rings. The van der Waals surface area contributed by atoms with Gasteiger partial charge in [-0.15, -0.1) is 11.3 Å². The maximum atomic E-state index is 12.9. The number of hydrogen-bond acceptors (Lipinski definition) is 4. The summed E-state index contributed by atoms with van der Waals surface area (Å²) >= 11 is 1.49. The molecule has 3 aromatic rings. The minimum absolute atomic E-state index is 0.255. The minimum Gasteiger partial charge on any atom is -0.496 e. The first-order valence-corrected chi connectivity index (χ1v) is 7.26. The number of para-hydroxylation sites is 1. The van der Waals surface area contributed by atoms with Gasteiger partial charge in [-0.3, -0.25) is 0 Å². The molecule has 5 heteroatoms. The van der Waals surface area contributed by atoms with Crippen molar-refractivity contribution in [2.45, 2.75) is 0 Å². The highest BCUT2D eigenvalue weighted by Crippen LogP contribution is 2.32. The van der Waals surface area contributed by atoms with E-state index < -0.39 is 0 Å². The molecule has 0 amide bonds. The smallest absolute Gasteiger partial charge is 0.187 e. The van der Waals surface area contributed by atoms with Crippen LogP contribution in [0, 0.1) is 5.82 Å². The topological polar surface area (TPSA) is 34.1 Å². The van der Waals surface area contributed by atoms with Crippen LogP contribution in [0.3, 0.4) is 0 Å². The van der Waals surface area contributed by atoms with Crippen LogP contribution >= 0.6 is 11.3 Å². The first-order valence-electron chi connectivity index (χ1n) is 6.38. The van der Waals surface area contributed by atoms with Crippen LogP contribution in [0.1, 0.15) is 0 Å². The lowest BCUT2D eigenvalue weighted by atomic mass is 10.1. The number of hydrogen-bond donors (Lipinski definition) is 1. The monoisotopic (exact) mass is 300 g/mol. The SMILES string of the molecule is COc1ccccc1-c1csc(Nc2ccc(F)cc2)n1. The van der Waals surface area contributed by atoms with E-state index in [1.165, 1.54) is 23.5 Å². The van der Waals surface area contributed by atoms with Crippen molar-refractivity contribution < 1.29 is 9.13 Å². The average Bonchev–Trinajstić information content (AvgIpc) is 2.98. The van der Waals surface area contributed by atoms with Crippen molar-refractivity contribution in [3.05, 3.63) is 59.7 Å². The van der Waals surface area contributed by atoms with Gasteiger partial charge in [-0.1, -0.05) is 12.1 Å². The number of nitrogens with one attached hydrogen (secondary N) is 1. The number of aromatic nitrogens is 1. The molecule has 2 aromatic carbocycles. The van der Waals surface area contributed by atoms with Crippen molar-refractivity contribution in [3.63, 3.8) is 0 Å². The lowest BCUT2D eigenvalue weighted by Crippen LogP contribution is -1.91. The van der Waals surface area contributed by atoms with Gasteiger partial charge in [0.25, 0.3) is 0 Å². The number of methoxy groups -OCH3 is 1. The zero-order valence-electron chi connectivity index (χ0n) is 11.3. The third-order valence-electron chi connectivity index (χ3n) is 2.98. The highest BCUT2D eigenvalue weighted by atomic mass is 32.1. The van der Waals surface area contributed by atoms with Gasteiger partial charge in [-0.05, 0) is 36.4 Å². The van der Waals surface area contributed by atoms with Gasteiger partial charge in [0.1, 0.15) is 11.6 Å². The van der Waals surface area contributed by atoms with Gasteiger partial charge >= 0.3 is 0 Å². The number of rotatable bonds is 4. The van der Waals surface area contributed by atoms with Crippen LogP contribution in [0.5, 0.6) is 5.75 Å². The van der Waals surface area contributed by atoms with Crippen LogP contribution in [-0.2, 0) is 0 Å². The Kier molecular flexibility index (Phi) is 3.83. The van der Waals surface area contributed by atoms with E-state index in [4.69, 9.17) is 4.74 Å². The summed E-state index contributed by atoms with van der Waals surface area (Å²) in [6.45, 7) is 0. The number of halogens is 1. The highest BCUT2D eigenvalue weighted by Gasteiger charge is 2.09. The number of thiazole rings is 1. The lowest BCUT2D eigenvalue weighted by Gasteiger charge is -2.05. The Morgan fingerprint density at radius 2 is 1.86 bits per heavy atom. The largest absolute Gasteiger partial charge is 0.496 e. The van der Waals surface area contributed by atoms with Gasteiger partial charge in [0.05, 0.1) is 12.8 Å². The zero-order valence-corrected chi connectivity index (χ0v) is 12.2. The third-order valence-corrected chi connectivity index (χ3v) is 3.74. The summed E-state index contributed by atoms with van der Waals surface area (Å²) in [5.41, 5.74) is 2.60. The molecule has 1 aromatic heterocycles. The molecule has 1 heterocycles. The van der Waals surface area contributed by atoms with Crippen molar-refractivity contribution in [1.82, 2.24) is 4.98 Å². The second-order valence-corrected chi connectivity index (χ2v) is 5.23. The van der Waals surface area contributed by atoms with Gasteiger partial charge in [0.15, 0.2) is 5.13 Å². The molecule has 0 atom stereocenters. The molecule has 0 aliphatic rings. The Morgan fingerprint density at radius 1 is 1.10 bits per heavy atom. The Hall–Kier alpha value is -2.40. The number of nitrogens with zero attached hydrogens (tertiary/aromatic N) is 1. The molecule has 106 valence electrons. The van der Waals surface area contributed by atoms with Gasteiger partial charge in [-0.25, -0.2) is 9.37 Å². The fourth-order valence-corrected chi connectivity index (χ4v) is 2.70. The van der Waals surface area contributed by atoms with Crippen LogP contribution < -0.4 is 10.1 Å². The first-order chi connectivity index (χ1) is 10.3. The van der Waals surface area contributed by atoms with E-state index in [-0.39, 0.29) is 5.82 Å². The van der Waals surface area contributed by atoms with Gasteiger partial charge in [-0.2, -0.15) is 0 Å². The molecule has 1 N–H and O–H groups in total. The Bertz CT molecular complexity index is 740. The molecule has 0 unspecified atom stereocenters. The molecular formula is C16H13FN2OS. The molecule has 0 bridgehead atoms. The summed E-state index contributed by atoms with van der Waals surface area (Å²) in [6.07, 6.45) is 0. The van der Waals surface area contributed by atoms with Gasteiger partial charge in [0, 0.05) is 16.6 Å². The zero-order chi connectivity index (χ0) is 14.7. The molecule has 0 radical (unpaired) electrons. The highest BCUT2D eigenvalue weighted by molar-refractivity contribution is 7.14. The lowest BCUT2D eigenvalue weighted by molar-refractivity contribution is 0.416. The fraction of sp³-hybridized carbons (Fsp3) is 0.0625. The van der Waals surface area contributed by atoms with Crippen LogP contribution in [-0.4, -0.2) is 12.1 Å². The Morgan fingerprint density at radius 3 is 2.62 bits per heavy atom. The maximum absolute atomic E-state index is 12.9. The van der Waals surface area contributed by atoms with Crippen molar-refractivity contribution in [1.29, 1.82) is 0 Å². The molecule has 21 heavy (non-hydrogen) atoms. The molecule has 0 aliphatic carbocycles. The third kappa shape index (κ3) is 3.03. The molecule has 0 saturated carbocycles. The molecule has 3 rings (SSSR count). The molecular weight excluding hydrogens is 287 g/mol. The predicted octanol–water partition coefficient (Wildman–Crippen LogP) is 4.70. The number of benzene rings is 2. The van der Waals surface area contributed by atoms with Crippen molar-refractivity contribution >= 4 is 22.2 Å².